The Kier molecular flexibility index (Phi) is 4.48. The highest BCUT2D eigenvalue weighted by Gasteiger charge is 2.35. The van der Waals surface area contributed by atoms with E-state index in [2.05, 4.69) is 16.5 Å². The SMILES string of the molecule is C[C@H](NC(=O)C1(C)CCOCC1)c1cccc(-n2cccn2)c1. The first kappa shape index (κ1) is 15.7. The van der Waals surface area contributed by atoms with Crippen LogP contribution in [0, 0.1) is 5.41 Å². The lowest BCUT2D eigenvalue weighted by molar-refractivity contribution is -0.135. The second-order valence-corrected chi connectivity index (χ2v) is 6.41. The Bertz CT molecular complexity index is 661. The molecule has 1 fully saturated rings. The summed E-state index contributed by atoms with van der Waals surface area (Å²) < 4.78 is 7.19. The summed E-state index contributed by atoms with van der Waals surface area (Å²) in [5, 5.41) is 7.40. The molecular formula is C18H23N3O2. The molecule has 5 nitrogen and oxygen atoms in total. The van der Waals surface area contributed by atoms with Crippen LogP contribution in [0.4, 0.5) is 0 Å². The quantitative estimate of drug-likeness (QED) is 0.944. The molecule has 1 aromatic carbocycles. The lowest BCUT2D eigenvalue weighted by Gasteiger charge is -2.33. The molecule has 5 heteroatoms. The van der Waals surface area contributed by atoms with E-state index in [1.165, 1.54) is 0 Å². The summed E-state index contributed by atoms with van der Waals surface area (Å²) in [4.78, 5) is 12.6. The fourth-order valence-electron chi connectivity index (χ4n) is 2.86. The number of nitrogens with zero attached hydrogens (tertiary/aromatic N) is 2. The summed E-state index contributed by atoms with van der Waals surface area (Å²) in [6.45, 7) is 5.36. The molecule has 1 aliphatic rings. The van der Waals surface area contributed by atoms with E-state index in [0.717, 1.165) is 24.1 Å². The van der Waals surface area contributed by atoms with Gasteiger partial charge >= 0.3 is 0 Å². The molecule has 0 spiro atoms. The van der Waals surface area contributed by atoms with Crippen LogP contribution in [-0.4, -0.2) is 28.9 Å². The molecule has 0 saturated carbocycles. The number of hydrogen-bond acceptors (Lipinski definition) is 3. The van der Waals surface area contributed by atoms with Gasteiger partial charge in [-0.05, 0) is 43.5 Å². The molecule has 2 heterocycles. The van der Waals surface area contributed by atoms with Crippen molar-refractivity contribution >= 4 is 5.91 Å². The van der Waals surface area contributed by atoms with E-state index in [4.69, 9.17) is 4.74 Å². The summed E-state index contributed by atoms with van der Waals surface area (Å²) in [7, 11) is 0. The smallest absolute Gasteiger partial charge is 0.226 e. The third-order valence-corrected chi connectivity index (χ3v) is 4.63. The van der Waals surface area contributed by atoms with E-state index in [1.807, 2.05) is 49.0 Å². The maximum absolute atomic E-state index is 12.6. The molecule has 1 aromatic heterocycles. The number of carbonyl (C=O) groups is 1. The third kappa shape index (κ3) is 3.45. The van der Waals surface area contributed by atoms with Crippen LogP contribution in [0.25, 0.3) is 5.69 Å². The Labute approximate surface area is 136 Å². The van der Waals surface area contributed by atoms with Crippen molar-refractivity contribution in [3.05, 3.63) is 48.3 Å². The maximum Gasteiger partial charge on any atom is 0.226 e. The molecule has 0 unspecified atom stereocenters. The number of aromatic nitrogens is 2. The molecule has 122 valence electrons. The molecule has 1 aliphatic heterocycles. The number of benzene rings is 1. The van der Waals surface area contributed by atoms with Crippen LogP contribution in [0.15, 0.2) is 42.7 Å². The number of ether oxygens (including phenoxy) is 1. The van der Waals surface area contributed by atoms with Crippen molar-refractivity contribution in [3.8, 4) is 5.69 Å². The van der Waals surface area contributed by atoms with Gasteiger partial charge in [-0.2, -0.15) is 5.10 Å². The van der Waals surface area contributed by atoms with Gasteiger partial charge in [-0.15, -0.1) is 0 Å². The molecule has 1 N–H and O–H groups in total. The van der Waals surface area contributed by atoms with E-state index < -0.39 is 0 Å². The lowest BCUT2D eigenvalue weighted by Crippen LogP contribution is -2.43. The fourth-order valence-corrected chi connectivity index (χ4v) is 2.86. The number of rotatable bonds is 4. The van der Waals surface area contributed by atoms with Gasteiger partial charge in [0.05, 0.1) is 17.1 Å². The van der Waals surface area contributed by atoms with Gasteiger partial charge < -0.3 is 10.1 Å². The average molecular weight is 313 g/mol. The number of carbonyl (C=O) groups excluding carboxylic acids is 1. The summed E-state index contributed by atoms with van der Waals surface area (Å²) >= 11 is 0. The van der Waals surface area contributed by atoms with Crippen LogP contribution in [-0.2, 0) is 9.53 Å². The molecule has 0 aliphatic carbocycles. The molecule has 0 bridgehead atoms. The molecule has 1 saturated heterocycles. The first-order valence-electron chi connectivity index (χ1n) is 8.07. The van der Waals surface area contributed by atoms with Crippen LogP contribution in [0.1, 0.15) is 38.3 Å². The van der Waals surface area contributed by atoms with Crippen molar-refractivity contribution in [2.75, 3.05) is 13.2 Å². The molecule has 1 amide bonds. The van der Waals surface area contributed by atoms with Crippen molar-refractivity contribution in [2.24, 2.45) is 5.41 Å². The Morgan fingerprint density at radius 2 is 2.13 bits per heavy atom. The lowest BCUT2D eigenvalue weighted by atomic mass is 9.81. The van der Waals surface area contributed by atoms with Gasteiger partial charge in [-0.3, -0.25) is 4.79 Å². The van der Waals surface area contributed by atoms with E-state index in [9.17, 15) is 4.79 Å². The normalized spacial score (nSPS) is 18.3. The van der Waals surface area contributed by atoms with Crippen LogP contribution < -0.4 is 5.32 Å². The standard InChI is InChI=1S/C18H23N3O2/c1-14(20-17(22)18(2)7-11-23-12-8-18)15-5-3-6-16(13-15)21-10-4-9-19-21/h3-6,9-10,13-14H,7-8,11-12H2,1-2H3,(H,20,22)/t14-/m0/s1. The highest BCUT2D eigenvalue weighted by molar-refractivity contribution is 5.82. The minimum atomic E-state index is -0.327. The van der Waals surface area contributed by atoms with Crippen LogP contribution in [0.3, 0.4) is 0 Å². The highest BCUT2D eigenvalue weighted by atomic mass is 16.5. The predicted molar refractivity (Wildman–Crippen MR) is 88.3 cm³/mol. The van der Waals surface area contributed by atoms with Crippen LogP contribution in [0.2, 0.25) is 0 Å². The van der Waals surface area contributed by atoms with Crippen LogP contribution >= 0.6 is 0 Å². The van der Waals surface area contributed by atoms with Crippen molar-refractivity contribution < 1.29 is 9.53 Å². The summed E-state index contributed by atoms with van der Waals surface area (Å²) in [6, 6.07) is 9.94. The van der Waals surface area contributed by atoms with Crippen molar-refractivity contribution in [2.45, 2.75) is 32.7 Å². The second kappa shape index (κ2) is 6.54. The molecule has 23 heavy (non-hydrogen) atoms. The fraction of sp³-hybridized carbons (Fsp3) is 0.444. The number of hydrogen-bond donors (Lipinski definition) is 1. The third-order valence-electron chi connectivity index (χ3n) is 4.63. The zero-order chi connectivity index (χ0) is 16.3. The molecule has 3 rings (SSSR count). The van der Waals surface area contributed by atoms with Gasteiger partial charge in [0.25, 0.3) is 0 Å². The zero-order valence-electron chi connectivity index (χ0n) is 13.7. The van der Waals surface area contributed by atoms with Gasteiger partial charge in [0, 0.05) is 25.6 Å². The Balaban J connectivity index is 1.72. The van der Waals surface area contributed by atoms with Gasteiger partial charge in [-0.1, -0.05) is 19.1 Å². The number of nitrogens with one attached hydrogen (secondary N) is 1. The van der Waals surface area contributed by atoms with Gasteiger partial charge in [-0.25, -0.2) is 4.68 Å². The Morgan fingerprint density at radius 1 is 1.35 bits per heavy atom. The Hall–Kier alpha value is -2.14. The summed E-state index contributed by atoms with van der Waals surface area (Å²) in [6.07, 6.45) is 5.22. The molecule has 0 radical (unpaired) electrons. The molecular weight excluding hydrogens is 290 g/mol. The number of amides is 1. The van der Waals surface area contributed by atoms with E-state index in [-0.39, 0.29) is 17.4 Å². The predicted octanol–water partition coefficient (Wildman–Crippen LogP) is 2.87. The van der Waals surface area contributed by atoms with Crippen molar-refractivity contribution in [1.82, 2.24) is 15.1 Å². The van der Waals surface area contributed by atoms with Gasteiger partial charge in [0.15, 0.2) is 0 Å². The summed E-state index contributed by atoms with van der Waals surface area (Å²) in [5.74, 6) is 0.109. The monoisotopic (exact) mass is 313 g/mol. The maximum atomic E-state index is 12.6. The topological polar surface area (TPSA) is 56.1 Å². The van der Waals surface area contributed by atoms with Crippen LogP contribution in [0.5, 0.6) is 0 Å². The van der Waals surface area contributed by atoms with E-state index in [0.29, 0.717) is 13.2 Å². The van der Waals surface area contributed by atoms with Crippen molar-refractivity contribution in [1.29, 1.82) is 0 Å². The van der Waals surface area contributed by atoms with Gasteiger partial charge in [0.2, 0.25) is 5.91 Å². The summed E-state index contributed by atoms with van der Waals surface area (Å²) in [5.41, 5.74) is 1.74. The Morgan fingerprint density at radius 3 is 2.83 bits per heavy atom. The second-order valence-electron chi connectivity index (χ2n) is 6.41. The zero-order valence-corrected chi connectivity index (χ0v) is 13.7. The highest BCUT2D eigenvalue weighted by Crippen LogP contribution is 2.31. The average Bonchev–Trinajstić information content (AvgIpc) is 3.10. The van der Waals surface area contributed by atoms with Gasteiger partial charge in [0.1, 0.15) is 0 Å². The molecule has 1 atom stereocenters. The minimum Gasteiger partial charge on any atom is -0.381 e. The first-order valence-corrected chi connectivity index (χ1v) is 8.07. The minimum absolute atomic E-state index is 0.0438. The largest absolute Gasteiger partial charge is 0.381 e. The first-order chi connectivity index (χ1) is 11.1. The van der Waals surface area contributed by atoms with E-state index >= 15 is 0 Å². The molecule has 2 aromatic rings. The van der Waals surface area contributed by atoms with Crippen molar-refractivity contribution in [3.63, 3.8) is 0 Å². The van der Waals surface area contributed by atoms with E-state index in [1.54, 1.807) is 6.20 Å².